The van der Waals surface area contributed by atoms with E-state index in [0.29, 0.717) is 48.2 Å². The Kier molecular flexibility index (Phi) is 6.27. The van der Waals surface area contributed by atoms with E-state index in [9.17, 15) is 24.4 Å². The SMILES string of the molecule is N#Cc1ccccc1CC(=O)N1CCC(c2cc3c(cc2F)C(=O)N(C2CCC(=O)NC2=O)C3)CC1. The summed E-state index contributed by atoms with van der Waals surface area (Å²) in [6.07, 6.45) is 1.75. The molecule has 5 rings (SSSR count). The fourth-order valence-corrected chi connectivity index (χ4v) is 5.42. The number of carbonyl (C=O) groups is 4. The second-order valence-electron chi connectivity index (χ2n) is 9.53. The number of carbonyl (C=O) groups excluding carboxylic acids is 4. The van der Waals surface area contributed by atoms with Gasteiger partial charge in [0, 0.05) is 31.6 Å². The number of hydrogen-bond acceptors (Lipinski definition) is 5. The number of rotatable bonds is 4. The summed E-state index contributed by atoms with van der Waals surface area (Å²) in [7, 11) is 0. The van der Waals surface area contributed by atoms with Gasteiger partial charge in [0.2, 0.25) is 17.7 Å². The van der Waals surface area contributed by atoms with Crippen LogP contribution in [0.2, 0.25) is 0 Å². The van der Waals surface area contributed by atoms with Gasteiger partial charge in [-0.15, -0.1) is 0 Å². The highest BCUT2D eigenvalue weighted by atomic mass is 19.1. The van der Waals surface area contributed by atoms with Crippen molar-refractivity contribution in [2.24, 2.45) is 0 Å². The fraction of sp³-hybridized carbons (Fsp3) is 0.370. The third-order valence-corrected chi connectivity index (χ3v) is 7.41. The first-order valence-corrected chi connectivity index (χ1v) is 12.1. The largest absolute Gasteiger partial charge is 0.342 e. The Labute approximate surface area is 207 Å². The molecular weight excluding hydrogens is 463 g/mol. The number of fused-ring (bicyclic) bond motifs is 1. The lowest BCUT2D eigenvalue weighted by molar-refractivity contribution is -0.137. The lowest BCUT2D eigenvalue weighted by atomic mass is 9.87. The van der Waals surface area contributed by atoms with E-state index in [1.807, 2.05) is 0 Å². The van der Waals surface area contributed by atoms with Gasteiger partial charge in [0.25, 0.3) is 5.91 Å². The monoisotopic (exact) mass is 488 g/mol. The van der Waals surface area contributed by atoms with Crippen LogP contribution in [0.5, 0.6) is 0 Å². The van der Waals surface area contributed by atoms with Gasteiger partial charge >= 0.3 is 0 Å². The first kappa shape index (κ1) is 23.7. The average molecular weight is 489 g/mol. The zero-order valence-corrected chi connectivity index (χ0v) is 19.6. The first-order chi connectivity index (χ1) is 17.4. The van der Waals surface area contributed by atoms with Gasteiger partial charge in [0.15, 0.2) is 0 Å². The third-order valence-electron chi connectivity index (χ3n) is 7.41. The molecule has 1 N–H and O–H groups in total. The number of nitrogens with zero attached hydrogens (tertiary/aromatic N) is 3. The smallest absolute Gasteiger partial charge is 0.255 e. The number of imide groups is 1. The molecule has 8 nitrogen and oxygen atoms in total. The topological polar surface area (TPSA) is 111 Å². The normalized spacial score (nSPS) is 20.2. The van der Waals surface area contributed by atoms with Crippen molar-refractivity contribution < 1.29 is 23.6 Å². The highest BCUT2D eigenvalue weighted by molar-refractivity contribution is 6.05. The molecule has 0 saturated carbocycles. The number of piperidine rings is 2. The standard InChI is InChI=1S/C27H25FN4O4/c28-22-13-21-19(15-32(27(21)36)23-5-6-24(33)30-26(23)35)11-20(22)16-7-9-31(10-8-16)25(34)12-17-3-1-2-4-18(17)14-29/h1-4,11,13,16,23H,5-10,12,15H2,(H,30,33,35). The molecule has 3 aliphatic rings. The molecule has 0 aliphatic carbocycles. The number of benzene rings is 2. The Morgan fingerprint density at radius 1 is 1.11 bits per heavy atom. The van der Waals surface area contributed by atoms with Crippen LogP contribution < -0.4 is 5.32 Å². The Hall–Kier alpha value is -4.06. The predicted molar refractivity (Wildman–Crippen MR) is 126 cm³/mol. The van der Waals surface area contributed by atoms with Gasteiger partial charge in [0.1, 0.15) is 11.9 Å². The first-order valence-electron chi connectivity index (χ1n) is 12.1. The van der Waals surface area contributed by atoms with Crippen molar-refractivity contribution in [3.63, 3.8) is 0 Å². The molecule has 3 heterocycles. The average Bonchev–Trinajstić information content (AvgIpc) is 3.19. The summed E-state index contributed by atoms with van der Waals surface area (Å²) in [5.74, 6) is -1.86. The second kappa shape index (κ2) is 9.53. The van der Waals surface area contributed by atoms with E-state index in [0.717, 1.165) is 0 Å². The van der Waals surface area contributed by atoms with Crippen molar-refractivity contribution in [1.82, 2.24) is 15.1 Å². The molecule has 2 saturated heterocycles. The summed E-state index contributed by atoms with van der Waals surface area (Å²) in [6, 6.07) is 11.4. The number of halogens is 1. The van der Waals surface area contributed by atoms with Crippen LogP contribution in [-0.4, -0.2) is 52.6 Å². The minimum Gasteiger partial charge on any atom is -0.342 e. The number of nitriles is 1. The van der Waals surface area contributed by atoms with Crippen molar-refractivity contribution in [2.45, 2.75) is 50.6 Å². The number of hydrogen-bond donors (Lipinski definition) is 1. The maximum atomic E-state index is 15.1. The van der Waals surface area contributed by atoms with Crippen molar-refractivity contribution >= 4 is 23.6 Å². The summed E-state index contributed by atoms with van der Waals surface area (Å²) in [4.78, 5) is 52.6. The molecular formula is C27H25FN4O4. The summed E-state index contributed by atoms with van der Waals surface area (Å²) in [5, 5.41) is 11.5. The van der Waals surface area contributed by atoms with Gasteiger partial charge in [0.05, 0.1) is 18.1 Å². The fourth-order valence-electron chi connectivity index (χ4n) is 5.42. The highest BCUT2D eigenvalue weighted by Crippen LogP contribution is 2.35. The van der Waals surface area contributed by atoms with E-state index in [-0.39, 0.29) is 49.1 Å². The molecule has 3 aliphatic heterocycles. The molecule has 36 heavy (non-hydrogen) atoms. The van der Waals surface area contributed by atoms with E-state index in [1.54, 1.807) is 35.2 Å². The van der Waals surface area contributed by atoms with Crippen molar-refractivity contribution in [2.75, 3.05) is 13.1 Å². The van der Waals surface area contributed by atoms with Crippen LogP contribution in [0.15, 0.2) is 36.4 Å². The van der Waals surface area contributed by atoms with Crippen LogP contribution in [0.3, 0.4) is 0 Å². The molecule has 0 bridgehead atoms. The Morgan fingerprint density at radius 3 is 2.58 bits per heavy atom. The summed E-state index contributed by atoms with van der Waals surface area (Å²) < 4.78 is 15.1. The van der Waals surface area contributed by atoms with Crippen LogP contribution in [0.25, 0.3) is 0 Å². The molecule has 2 aromatic rings. The number of amides is 4. The van der Waals surface area contributed by atoms with Gasteiger partial charge in [-0.25, -0.2) is 4.39 Å². The number of nitrogens with one attached hydrogen (secondary N) is 1. The highest BCUT2D eigenvalue weighted by Gasteiger charge is 2.40. The van der Waals surface area contributed by atoms with Gasteiger partial charge in [-0.1, -0.05) is 24.3 Å². The van der Waals surface area contributed by atoms with Crippen molar-refractivity contribution in [1.29, 1.82) is 5.26 Å². The quantitative estimate of drug-likeness (QED) is 0.665. The van der Waals surface area contributed by atoms with E-state index in [1.165, 1.54) is 11.0 Å². The molecule has 2 fully saturated rings. The van der Waals surface area contributed by atoms with Crippen LogP contribution in [0.1, 0.15) is 64.2 Å². The molecule has 0 radical (unpaired) electrons. The van der Waals surface area contributed by atoms with Gasteiger partial charge < -0.3 is 9.80 Å². The van der Waals surface area contributed by atoms with Crippen molar-refractivity contribution in [3.05, 3.63) is 70.0 Å². The molecule has 1 unspecified atom stereocenters. The predicted octanol–water partition coefficient (Wildman–Crippen LogP) is 2.41. The van der Waals surface area contributed by atoms with E-state index in [4.69, 9.17) is 0 Å². The molecule has 1 atom stereocenters. The Balaban J connectivity index is 1.25. The van der Waals surface area contributed by atoms with Crippen molar-refractivity contribution in [3.8, 4) is 6.07 Å². The third kappa shape index (κ3) is 4.35. The lowest BCUT2D eigenvalue weighted by Crippen LogP contribution is -2.52. The number of likely N-dealkylation sites (tertiary alicyclic amines) is 1. The van der Waals surface area contributed by atoms with Gasteiger partial charge in [-0.2, -0.15) is 5.26 Å². The molecule has 0 aromatic heterocycles. The zero-order chi connectivity index (χ0) is 25.4. The van der Waals surface area contributed by atoms with E-state index in [2.05, 4.69) is 11.4 Å². The Bertz CT molecular complexity index is 1310. The van der Waals surface area contributed by atoms with Crippen LogP contribution in [0, 0.1) is 17.1 Å². The lowest BCUT2D eigenvalue weighted by Gasteiger charge is -2.32. The minimum absolute atomic E-state index is 0.0592. The summed E-state index contributed by atoms with van der Waals surface area (Å²) in [6.45, 7) is 1.16. The zero-order valence-electron chi connectivity index (χ0n) is 19.6. The molecule has 4 amide bonds. The molecule has 0 spiro atoms. The van der Waals surface area contributed by atoms with Gasteiger partial charge in [-0.05, 0) is 54.0 Å². The Morgan fingerprint density at radius 2 is 1.86 bits per heavy atom. The second-order valence-corrected chi connectivity index (χ2v) is 9.53. The summed E-state index contributed by atoms with van der Waals surface area (Å²) in [5.41, 5.74) is 2.63. The molecule has 2 aromatic carbocycles. The summed E-state index contributed by atoms with van der Waals surface area (Å²) >= 11 is 0. The molecule has 9 heteroatoms. The van der Waals surface area contributed by atoms with Crippen LogP contribution >= 0.6 is 0 Å². The van der Waals surface area contributed by atoms with Crippen LogP contribution in [-0.2, 0) is 27.3 Å². The van der Waals surface area contributed by atoms with E-state index >= 15 is 4.39 Å². The van der Waals surface area contributed by atoms with Gasteiger partial charge in [-0.3, -0.25) is 24.5 Å². The maximum Gasteiger partial charge on any atom is 0.255 e. The minimum atomic E-state index is -0.741. The van der Waals surface area contributed by atoms with E-state index < -0.39 is 23.7 Å². The van der Waals surface area contributed by atoms with Crippen LogP contribution in [0.4, 0.5) is 4.39 Å². The maximum absolute atomic E-state index is 15.1. The molecule has 184 valence electrons.